The maximum Gasteiger partial charge on any atom is 0.231 e. The Hall–Kier alpha value is -3.48. The van der Waals surface area contributed by atoms with Crippen LogP contribution in [-0.2, 0) is 0 Å². The van der Waals surface area contributed by atoms with E-state index in [-0.39, 0.29) is 18.6 Å². The van der Waals surface area contributed by atoms with Gasteiger partial charge in [0, 0.05) is 13.1 Å². The lowest BCUT2D eigenvalue weighted by atomic mass is 9.88. The van der Waals surface area contributed by atoms with Crippen molar-refractivity contribution in [3.63, 3.8) is 0 Å². The molecule has 3 aromatic rings. The molecule has 42 heavy (non-hydrogen) atoms. The Balaban J connectivity index is 1.29. The number of aromatic hydroxyl groups is 1. The molecule has 0 radical (unpaired) electrons. The van der Waals surface area contributed by atoms with Gasteiger partial charge in [-0.25, -0.2) is 0 Å². The summed E-state index contributed by atoms with van der Waals surface area (Å²) in [5.41, 5.74) is 5.63. The lowest BCUT2D eigenvalue weighted by Crippen LogP contribution is -2.46. The molecule has 6 rings (SSSR count). The molecular weight excluding hydrogens is 524 g/mol. The van der Waals surface area contributed by atoms with E-state index >= 15 is 0 Å². The average molecular weight is 569 g/mol. The Bertz CT molecular complexity index is 1320. The number of phenols is 1. The van der Waals surface area contributed by atoms with Gasteiger partial charge >= 0.3 is 0 Å². The number of benzene rings is 3. The number of phenolic OH excluding ortho intramolecular Hbond substituents is 1. The van der Waals surface area contributed by atoms with E-state index in [9.17, 15) is 5.11 Å². The zero-order chi connectivity index (χ0) is 28.7. The van der Waals surface area contributed by atoms with Crippen molar-refractivity contribution in [2.45, 2.75) is 58.0 Å². The predicted molar refractivity (Wildman–Crippen MR) is 168 cm³/mol. The molecule has 0 aliphatic carbocycles. The second-order valence-electron chi connectivity index (χ2n) is 11.8. The molecule has 0 spiro atoms. The van der Waals surface area contributed by atoms with Gasteiger partial charge < -0.3 is 19.3 Å². The summed E-state index contributed by atoms with van der Waals surface area (Å²) in [5.74, 6) is 2.74. The van der Waals surface area contributed by atoms with Crippen molar-refractivity contribution >= 4 is 11.1 Å². The lowest BCUT2D eigenvalue weighted by molar-refractivity contribution is 0.0766. The standard InChI is InChI=1S/C36H44N2O4/c1-2-33(29-13-18-34-35(23-29)41-26-40-34)36(27-9-14-30(39)15-10-27)28-11-16-31(17-12-28)42-32(24-37-19-5-3-6-20-37)25-38-21-7-4-8-22-38/h9-18,23,32,39H,2-8,19-22,24-26H2,1H3. The van der Waals surface area contributed by atoms with Gasteiger partial charge in [-0.2, -0.15) is 0 Å². The first kappa shape index (κ1) is 28.6. The first-order valence-corrected chi connectivity index (χ1v) is 15.8. The molecule has 3 aliphatic rings. The Labute approximate surface area is 250 Å². The highest BCUT2D eigenvalue weighted by molar-refractivity contribution is 5.99. The first-order chi connectivity index (χ1) is 20.7. The molecule has 6 heteroatoms. The SMILES string of the molecule is CCC(=C(c1ccc(O)cc1)c1ccc(OC(CN2CCCCC2)CN2CCCCC2)cc1)c1ccc2c(c1)OCO2. The van der Waals surface area contributed by atoms with Gasteiger partial charge in [0.1, 0.15) is 17.6 Å². The summed E-state index contributed by atoms with van der Waals surface area (Å²) >= 11 is 0. The summed E-state index contributed by atoms with van der Waals surface area (Å²) < 4.78 is 18.0. The van der Waals surface area contributed by atoms with Crippen molar-refractivity contribution in [2.24, 2.45) is 0 Å². The predicted octanol–water partition coefficient (Wildman–Crippen LogP) is 7.21. The van der Waals surface area contributed by atoms with Gasteiger partial charge in [0.2, 0.25) is 6.79 Å². The van der Waals surface area contributed by atoms with Crippen molar-refractivity contribution in [1.82, 2.24) is 9.80 Å². The zero-order valence-corrected chi connectivity index (χ0v) is 24.9. The molecule has 6 nitrogen and oxygen atoms in total. The van der Waals surface area contributed by atoms with Crippen LogP contribution in [0.1, 0.15) is 68.6 Å². The molecule has 2 saturated heterocycles. The third kappa shape index (κ3) is 6.93. The average Bonchev–Trinajstić information content (AvgIpc) is 3.50. The van der Waals surface area contributed by atoms with Gasteiger partial charge in [-0.3, -0.25) is 9.80 Å². The quantitative estimate of drug-likeness (QED) is 0.261. The molecule has 2 fully saturated rings. The van der Waals surface area contributed by atoms with Crippen LogP contribution in [0.2, 0.25) is 0 Å². The molecule has 1 N–H and O–H groups in total. The summed E-state index contributed by atoms with van der Waals surface area (Å²) in [7, 11) is 0. The normalized spacial score (nSPS) is 18.2. The molecule has 222 valence electrons. The first-order valence-electron chi connectivity index (χ1n) is 15.8. The number of nitrogens with zero attached hydrogens (tertiary/aromatic N) is 2. The van der Waals surface area contributed by atoms with Crippen LogP contribution in [0.4, 0.5) is 0 Å². The summed E-state index contributed by atoms with van der Waals surface area (Å²) in [6.45, 7) is 9.13. The molecular formula is C36H44N2O4. The van der Waals surface area contributed by atoms with Crippen molar-refractivity contribution in [3.05, 3.63) is 83.4 Å². The maximum absolute atomic E-state index is 10.0. The zero-order valence-electron chi connectivity index (χ0n) is 24.9. The van der Waals surface area contributed by atoms with Gasteiger partial charge in [0.15, 0.2) is 11.5 Å². The van der Waals surface area contributed by atoms with E-state index in [0.717, 1.165) is 59.0 Å². The number of hydrogen-bond acceptors (Lipinski definition) is 6. The topological polar surface area (TPSA) is 54.4 Å². The summed E-state index contributed by atoms with van der Waals surface area (Å²) in [4.78, 5) is 5.19. The number of allylic oxidation sites excluding steroid dienone is 1. The van der Waals surface area contributed by atoms with Crippen LogP contribution in [0, 0.1) is 0 Å². The number of likely N-dealkylation sites (tertiary alicyclic amines) is 2. The fourth-order valence-corrected chi connectivity index (χ4v) is 6.64. The second-order valence-corrected chi connectivity index (χ2v) is 11.8. The van der Waals surface area contributed by atoms with E-state index in [1.165, 1.54) is 70.3 Å². The van der Waals surface area contributed by atoms with Crippen molar-refractivity contribution in [2.75, 3.05) is 46.1 Å². The number of rotatable bonds is 10. The summed E-state index contributed by atoms with van der Waals surface area (Å²) in [6, 6.07) is 22.3. The molecule has 3 aliphatic heterocycles. The monoisotopic (exact) mass is 568 g/mol. The van der Waals surface area contributed by atoms with Crippen molar-refractivity contribution in [1.29, 1.82) is 0 Å². The van der Waals surface area contributed by atoms with Gasteiger partial charge in [-0.05, 0) is 123 Å². The van der Waals surface area contributed by atoms with Gasteiger partial charge in [0.05, 0.1) is 0 Å². The van der Waals surface area contributed by atoms with Crippen LogP contribution in [0.25, 0.3) is 11.1 Å². The van der Waals surface area contributed by atoms with E-state index in [1.807, 2.05) is 18.2 Å². The minimum atomic E-state index is 0.152. The smallest absolute Gasteiger partial charge is 0.231 e. The Morgan fingerprint density at radius 1 is 0.714 bits per heavy atom. The number of ether oxygens (including phenoxy) is 3. The lowest BCUT2D eigenvalue weighted by Gasteiger charge is -2.34. The fraction of sp³-hybridized carbons (Fsp3) is 0.444. The maximum atomic E-state index is 10.0. The van der Waals surface area contributed by atoms with E-state index in [1.54, 1.807) is 12.1 Å². The van der Waals surface area contributed by atoms with E-state index in [0.29, 0.717) is 0 Å². The minimum absolute atomic E-state index is 0.152. The molecule has 0 saturated carbocycles. The number of piperidine rings is 2. The highest BCUT2D eigenvalue weighted by Crippen LogP contribution is 2.40. The number of hydrogen-bond donors (Lipinski definition) is 1. The summed E-state index contributed by atoms with van der Waals surface area (Å²) in [5, 5.41) is 10.0. The third-order valence-corrected chi connectivity index (χ3v) is 8.80. The van der Waals surface area contributed by atoms with Crippen LogP contribution in [-0.4, -0.2) is 67.1 Å². The molecule has 0 bridgehead atoms. The molecule has 3 aromatic carbocycles. The van der Waals surface area contributed by atoms with Crippen LogP contribution in [0.3, 0.4) is 0 Å². The van der Waals surface area contributed by atoms with Crippen molar-refractivity contribution < 1.29 is 19.3 Å². The van der Waals surface area contributed by atoms with Gasteiger partial charge in [0.25, 0.3) is 0 Å². The van der Waals surface area contributed by atoms with E-state index < -0.39 is 0 Å². The Kier molecular flexibility index (Phi) is 9.31. The Morgan fingerprint density at radius 2 is 1.26 bits per heavy atom. The highest BCUT2D eigenvalue weighted by Gasteiger charge is 2.23. The minimum Gasteiger partial charge on any atom is -0.508 e. The van der Waals surface area contributed by atoms with E-state index in [4.69, 9.17) is 14.2 Å². The largest absolute Gasteiger partial charge is 0.508 e. The summed E-state index contributed by atoms with van der Waals surface area (Å²) in [6.07, 6.45) is 8.85. The van der Waals surface area contributed by atoms with Crippen LogP contribution < -0.4 is 14.2 Å². The molecule has 0 amide bonds. The molecule has 3 heterocycles. The second kappa shape index (κ2) is 13.7. The van der Waals surface area contributed by atoms with Crippen LogP contribution in [0.5, 0.6) is 23.0 Å². The third-order valence-electron chi connectivity index (χ3n) is 8.80. The molecule has 0 unspecified atom stereocenters. The molecule has 0 aromatic heterocycles. The van der Waals surface area contributed by atoms with Crippen LogP contribution in [0.15, 0.2) is 66.7 Å². The van der Waals surface area contributed by atoms with Gasteiger partial charge in [-0.1, -0.05) is 50.1 Å². The van der Waals surface area contributed by atoms with Gasteiger partial charge in [-0.15, -0.1) is 0 Å². The van der Waals surface area contributed by atoms with E-state index in [2.05, 4.69) is 53.1 Å². The molecule has 0 atom stereocenters. The van der Waals surface area contributed by atoms with Crippen molar-refractivity contribution in [3.8, 4) is 23.0 Å². The number of fused-ring (bicyclic) bond motifs is 1. The van der Waals surface area contributed by atoms with Crippen LogP contribution >= 0.6 is 0 Å². The highest BCUT2D eigenvalue weighted by atomic mass is 16.7. The fourth-order valence-electron chi connectivity index (χ4n) is 6.64. The Morgan fingerprint density at radius 3 is 1.86 bits per heavy atom.